The molecule has 0 aliphatic heterocycles. The van der Waals surface area contributed by atoms with Crippen molar-refractivity contribution >= 4 is 14.1 Å². The first-order chi connectivity index (χ1) is 10.1. The van der Waals surface area contributed by atoms with Gasteiger partial charge >= 0.3 is 0 Å². The Bertz CT molecular complexity index is 397. The summed E-state index contributed by atoms with van der Waals surface area (Å²) in [4.78, 5) is 11.8. The molecule has 0 aromatic heterocycles. The number of carbonyl (C=O) groups is 1. The SMILES string of the molecule is CC(C)(CCC[C@@H]1CC[C@]2(CCCC(=O)C2)C1)O[Si](C)(C)C. The third kappa shape index (κ3) is 5.49. The van der Waals surface area contributed by atoms with Crippen LogP contribution in [0, 0.1) is 11.3 Å². The fraction of sp³-hybridized carbons (Fsp3) is 0.947. The maximum absolute atomic E-state index is 11.8. The first-order valence-corrected chi connectivity index (χ1v) is 12.7. The van der Waals surface area contributed by atoms with Gasteiger partial charge in [0.25, 0.3) is 0 Å². The lowest BCUT2D eigenvalue weighted by Gasteiger charge is -2.34. The number of hydrogen-bond acceptors (Lipinski definition) is 2. The lowest BCUT2D eigenvalue weighted by Crippen LogP contribution is -2.38. The van der Waals surface area contributed by atoms with Crippen LogP contribution in [0.5, 0.6) is 0 Å². The molecule has 2 nitrogen and oxygen atoms in total. The highest BCUT2D eigenvalue weighted by Crippen LogP contribution is 2.51. The van der Waals surface area contributed by atoms with Gasteiger partial charge in [-0.2, -0.15) is 0 Å². The summed E-state index contributed by atoms with van der Waals surface area (Å²) in [6.45, 7) is 11.3. The summed E-state index contributed by atoms with van der Waals surface area (Å²) in [5.74, 6) is 1.38. The fourth-order valence-corrected chi connectivity index (χ4v) is 6.67. The monoisotopic (exact) mass is 324 g/mol. The smallest absolute Gasteiger partial charge is 0.184 e. The van der Waals surface area contributed by atoms with Gasteiger partial charge in [-0.15, -0.1) is 0 Å². The Balaban J connectivity index is 1.73. The van der Waals surface area contributed by atoms with Crippen molar-refractivity contribution < 1.29 is 9.22 Å². The predicted molar refractivity (Wildman–Crippen MR) is 95.6 cm³/mol. The van der Waals surface area contributed by atoms with Gasteiger partial charge in [0.2, 0.25) is 0 Å². The molecule has 0 saturated heterocycles. The van der Waals surface area contributed by atoms with E-state index in [1.165, 1.54) is 44.9 Å². The second-order valence-corrected chi connectivity index (χ2v) is 14.0. The van der Waals surface area contributed by atoms with Crippen LogP contribution >= 0.6 is 0 Å². The van der Waals surface area contributed by atoms with Gasteiger partial charge in [-0.1, -0.05) is 12.8 Å². The molecular weight excluding hydrogens is 288 g/mol. The van der Waals surface area contributed by atoms with Crippen LogP contribution < -0.4 is 0 Å². The van der Waals surface area contributed by atoms with E-state index in [1.807, 2.05) is 0 Å². The van der Waals surface area contributed by atoms with Crippen molar-refractivity contribution in [2.75, 3.05) is 0 Å². The highest BCUT2D eigenvalue weighted by Gasteiger charge is 2.41. The van der Waals surface area contributed by atoms with Gasteiger partial charge in [-0.3, -0.25) is 4.79 Å². The van der Waals surface area contributed by atoms with Gasteiger partial charge in [0, 0.05) is 12.8 Å². The summed E-state index contributed by atoms with van der Waals surface area (Å²) in [5, 5.41) is 0. The Morgan fingerprint density at radius 2 is 2.00 bits per heavy atom. The standard InChI is InChI=1S/C19H36O2Si/c1-18(2,21-22(3,4)5)11-6-8-16-10-13-19(14-16)12-7-9-17(20)15-19/h16H,6-15H2,1-5H3/t16-,19-/m1/s1. The van der Waals surface area contributed by atoms with E-state index in [9.17, 15) is 4.79 Å². The van der Waals surface area contributed by atoms with Crippen LogP contribution in [0.2, 0.25) is 19.6 Å². The summed E-state index contributed by atoms with van der Waals surface area (Å²) in [7, 11) is -1.45. The Morgan fingerprint density at radius 1 is 1.27 bits per heavy atom. The van der Waals surface area contributed by atoms with E-state index < -0.39 is 8.32 Å². The summed E-state index contributed by atoms with van der Waals surface area (Å²) in [6, 6.07) is 0. The predicted octanol–water partition coefficient (Wildman–Crippen LogP) is 5.72. The topological polar surface area (TPSA) is 26.3 Å². The first kappa shape index (κ1) is 18.2. The van der Waals surface area contributed by atoms with Gasteiger partial charge < -0.3 is 4.43 Å². The van der Waals surface area contributed by atoms with Crippen molar-refractivity contribution in [1.82, 2.24) is 0 Å². The van der Waals surface area contributed by atoms with Gasteiger partial charge in [-0.25, -0.2) is 0 Å². The largest absolute Gasteiger partial charge is 0.413 e. The molecule has 0 N–H and O–H groups in total. The average molecular weight is 325 g/mol. The summed E-state index contributed by atoms with van der Waals surface area (Å²) in [5.41, 5.74) is 0.436. The highest BCUT2D eigenvalue weighted by molar-refractivity contribution is 6.69. The Kier molecular flexibility index (Phi) is 5.59. The van der Waals surface area contributed by atoms with Gasteiger partial charge in [-0.05, 0) is 83.3 Å². The first-order valence-electron chi connectivity index (χ1n) is 9.31. The van der Waals surface area contributed by atoms with E-state index >= 15 is 0 Å². The van der Waals surface area contributed by atoms with E-state index in [0.717, 1.165) is 25.2 Å². The average Bonchev–Trinajstić information content (AvgIpc) is 2.68. The van der Waals surface area contributed by atoms with Crippen LogP contribution in [0.1, 0.15) is 78.1 Å². The second kappa shape index (κ2) is 6.76. The number of ketones is 1. The number of rotatable bonds is 6. The van der Waals surface area contributed by atoms with Crippen molar-refractivity contribution in [3.63, 3.8) is 0 Å². The molecule has 0 bridgehead atoms. The molecule has 0 aromatic carbocycles. The molecule has 0 unspecified atom stereocenters. The van der Waals surface area contributed by atoms with Crippen molar-refractivity contribution in [3.8, 4) is 0 Å². The van der Waals surface area contributed by atoms with E-state index in [-0.39, 0.29) is 5.60 Å². The minimum atomic E-state index is -1.45. The number of hydrogen-bond donors (Lipinski definition) is 0. The molecule has 1 spiro atoms. The molecule has 0 heterocycles. The van der Waals surface area contributed by atoms with Crippen LogP contribution in [0.3, 0.4) is 0 Å². The minimum Gasteiger partial charge on any atom is -0.413 e. The normalized spacial score (nSPS) is 30.2. The molecule has 128 valence electrons. The Hall–Kier alpha value is -0.153. The maximum Gasteiger partial charge on any atom is 0.184 e. The molecule has 2 saturated carbocycles. The molecule has 2 aliphatic rings. The van der Waals surface area contributed by atoms with Crippen LogP contribution in [-0.4, -0.2) is 19.7 Å². The summed E-state index contributed by atoms with van der Waals surface area (Å²) >= 11 is 0. The zero-order chi connectivity index (χ0) is 16.4. The van der Waals surface area contributed by atoms with Crippen LogP contribution in [0.4, 0.5) is 0 Å². The van der Waals surface area contributed by atoms with Gasteiger partial charge in [0.05, 0.1) is 5.60 Å². The summed E-state index contributed by atoms with van der Waals surface area (Å²) in [6.07, 6.45) is 11.9. The van der Waals surface area contributed by atoms with Crippen molar-refractivity contribution in [3.05, 3.63) is 0 Å². The molecule has 2 atom stereocenters. The fourth-order valence-electron chi connectivity index (χ4n) is 4.91. The van der Waals surface area contributed by atoms with Crippen molar-refractivity contribution in [2.24, 2.45) is 11.3 Å². The highest BCUT2D eigenvalue weighted by atomic mass is 28.4. The molecule has 2 rings (SSSR count). The van der Waals surface area contributed by atoms with Crippen molar-refractivity contribution in [1.29, 1.82) is 0 Å². The van der Waals surface area contributed by atoms with Crippen LogP contribution in [0.15, 0.2) is 0 Å². The van der Waals surface area contributed by atoms with Crippen LogP contribution in [0.25, 0.3) is 0 Å². The third-order valence-corrected chi connectivity index (χ3v) is 6.68. The lowest BCUT2D eigenvalue weighted by molar-refractivity contribution is -0.123. The van der Waals surface area contributed by atoms with E-state index in [0.29, 0.717) is 11.2 Å². The Morgan fingerprint density at radius 3 is 2.64 bits per heavy atom. The number of carbonyl (C=O) groups excluding carboxylic acids is 1. The second-order valence-electron chi connectivity index (χ2n) is 9.54. The van der Waals surface area contributed by atoms with Crippen molar-refractivity contribution in [2.45, 2.75) is 103 Å². The zero-order valence-corrected chi connectivity index (χ0v) is 16.5. The lowest BCUT2D eigenvalue weighted by atomic mass is 9.72. The summed E-state index contributed by atoms with van der Waals surface area (Å²) < 4.78 is 6.31. The molecule has 0 amide bonds. The molecule has 2 fully saturated rings. The molecular formula is C19H36O2Si. The molecule has 0 radical (unpaired) electrons. The van der Waals surface area contributed by atoms with Crippen LogP contribution in [-0.2, 0) is 9.22 Å². The quantitative estimate of drug-likeness (QED) is 0.584. The Labute approximate surface area is 138 Å². The van der Waals surface area contributed by atoms with Gasteiger partial charge in [0.15, 0.2) is 8.32 Å². The van der Waals surface area contributed by atoms with E-state index in [2.05, 4.69) is 33.5 Å². The molecule has 2 aliphatic carbocycles. The molecule has 0 aromatic rings. The van der Waals surface area contributed by atoms with Gasteiger partial charge in [0.1, 0.15) is 5.78 Å². The van der Waals surface area contributed by atoms with E-state index in [1.54, 1.807) is 0 Å². The zero-order valence-electron chi connectivity index (χ0n) is 15.5. The minimum absolute atomic E-state index is 0.0293. The maximum atomic E-state index is 11.8. The van der Waals surface area contributed by atoms with E-state index in [4.69, 9.17) is 4.43 Å². The number of Topliss-reactive ketones (excluding diaryl/α,β-unsaturated/α-hetero) is 1. The molecule has 22 heavy (non-hydrogen) atoms. The molecule has 3 heteroatoms. The third-order valence-electron chi connectivity index (χ3n) is 5.51.